The number of hydrogen-bond donors (Lipinski definition) is 2. The molecule has 3 N–H and O–H groups in total. The lowest BCUT2D eigenvalue weighted by Crippen LogP contribution is -2.34. The van der Waals surface area contributed by atoms with E-state index in [1.54, 1.807) is 0 Å². The van der Waals surface area contributed by atoms with Crippen LogP contribution in [0.25, 0.3) is 0 Å². The van der Waals surface area contributed by atoms with Crippen molar-refractivity contribution in [2.45, 2.75) is 33.7 Å². The topological polar surface area (TPSA) is 53.1 Å². The molecule has 0 saturated heterocycles. The number of nitrogens with one attached hydrogen (secondary N) is 1. The van der Waals surface area contributed by atoms with E-state index in [9.17, 15) is 0 Å². The van der Waals surface area contributed by atoms with Crippen molar-refractivity contribution in [3.8, 4) is 0 Å². The summed E-state index contributed by atoms with van der Waals surface area (Å²) in [5.74, 6) is 0.398. The van der Waals surface area contributed by atoms with Crippen LogP contribution in [-0.2, 0) is 13.0 Å². The molecule has 0 aliphatic carbocycles. The average molecular weight is 247 g/mol. The van der Waals surface area contributed by atoms with E-state index in [0.717, 1.165) is 26.1 Å². The van der Waals surface area contributed by atoms with E-state index in [2.05, 4.69) is 43.0 Å². The number of hydrogen-bond acceptors (Lipinski definition) is 2. The number of nitrogens with zero attached hydrogens (tertiary/aromatic N) is 1. The van der Waals surface area contributed by atoms with Crippen molar-refractivity contribution in [2.24, 2.45) is 11.7 Å². The summed E-state index contributed by atoms with van der Waals surface area (Å²) in [5.41, 5.74) is 8.22. The number of benzene rings is 1. The SMILES string of the molecule is CCc1ccc(CN(CC)CC(C)C(=N)N)cc1. The van der Waals surface area contributed by atoms with Crippen LogP contribution in [0.3, 0.4) is 0 Å². The highest BCUT2D eigenvalue weighted by molar-refractivity contribution is 5.79. The van der Waals surface area contributed by atoms with Gasteiger partial charge in [-0.3, -0.25) is 10.3 Å². The Morgan fingerprint density at radius 1 is 1.22 bits per heavy atom. The second kappa shape index (κ2) is 7.17. The third-order valence-electron chi connectivity index (χ3n) is 3.35. The van der Waals surface area contributed by atoms with Crippen molar-refractivity contribution in [2.75, 3.05) is 13.1 Å². The molecule has 0 saturated carbocycles. The second-order valence-electron chi connectivity index (χ2n) is 4.85. The molecule has 0 aliphatic heterocycles. The monoisotopic (exact) mass is 247 g/mol. The highest BCUT2D eigenvalue weighted by Gasteiger charge is 2.11. The summed E-state index contributed by atoms with van der Waals surface area (Å²) < 4.78 is 0. The maximum absolute atomic E-state index is 7.45. The first-order chi connectivity index (χ1) is 8.56. The van der Waals surface area contributed by atoms with E-state index in [-0.39, 0.29) is 11.8 Å². The first-order valence-corrected chi connectivity index (χ1v) is 6.70. The number of amidine groups is 1. The Balaban J connectivity index is 2.58. The zero-order valence-electron chi connectivity index (χ0n) is 11.7. The Labute approximate surface area is 111 Å². The van der Waals surface area contributed by atoms with Gasteiger partial charge in [0.1, 0.15) is 0 Å². The lowest BCUT2D eigenvalue weighted by Gasteiger charge is -2.23. The predicted molar refractivity (Wildman–Crippen MR) is 77.8 cm³/mol. The van der Waals surface area contributed by atoms with Crippen LogP contribution in [0.4, 0.5) is 0 Å². The Hall–Kier alpha value is -1.35. The molecule has 1 aromatic carbocycles. The first-order valence-electron chi connectivity index (χ1n) is 6.70. The zero-order chi connectivity index (χ0) is 13.5. The van der Waals surface area contributed by atoms with Crippen LogP contribution in [-0.4, -0.2) is 23.8 Å². The summed E-state index contributed by atoms with van der Waals surface area (Å²) in [6.45, 7) is 9.08. The lowest BCUT2D eigenvalue weighted by atomic mass is 10.1. The molecule has 0 spiro atoms. The third-order valence-corrected chi connectivity index (χ3v) is 3.35. The van der Waals surface area contributed by atoms with Gasteiger partial charge in [-0.15, -0.1) is 0 Å². The smallest absolute Gasteiger partial charge is 0.0947 e. The molecule has 0 fully saturated rings. The molecule has 3 nitrogen and oxygen atoms in total. The van der Waals surface area contributed by atoms with Crippen molar-refractivity contribution in [1.82, 2.24) is 4.90 Å². The summed E-state index contributed by atoms with van der Waals surface area (Å²) in [6.07, 6.45) is 1.08. The van der Waals surface area contributed by atoms with Crippen molar-refractivity contribution < 1.29 is 0 Å². The van der Waals surface area contributed by atoms with Crippen LogP contribution in [0.5, 0.6) is 0 Å². The van der Waals surface area contributed by atoms with Crippen LogP contribution in [0, 0.1) is 11.3 Å². The zero-order valence-corrected chi connectivity index (χ0v) is 11.7. The molecular weight excluding hydrogens is 222 g/mol. The number of aryl methyl sites for hydroxylation is 1. The fraction of sp³-hybridized carbons (Fsp3) is 0.533. The predicted octanol–water partition coefficient (Wildman–Crippen LogP) is 2.64. The molecule has 100 valence electrons. The van der Waals surface area contributed by atoms with Crippen molar-refractivity contribution in [1.29, 1.82) is 5.41 Å². The molecule has 0 aromatic heterocycles. The van der Waals surface area contributed by atoms with Crippen molar-refractivity contribution in [3.63, 3.8) is 0 Å². The number of rotatable bonds is 7. The van der Waals surface area contributed by atoms with E-state index in [1.165, 1.54) is 11.1 Å². The standard InChI is InChI=1S/C15H25N3/c1-4-13-6-8-14(9-7-13)11-18(5-2)10-12(3)15(16)17/h6-9,12H,4-5,10-11H2,1-3H3,(H3,16,17). The summed E-state index contributed by atoms with van der Waals surface area (Å²) >= 11 is 0. The summed E-state index contributed by atoms with van der Waals surface area (Å²) in [6, 6.07) is 8.77. The van der Waals surface area contributed by atoms with E-state index in [0.29, 0.717) is 0 Å². The van der Waals surface area contributed by atoms with E-state index in [4.69, 9.17) is 11.1 Å². The summed E-state index contributed by atoms with van der Waals surface area (Å²) in [7, 11) is 0. The molecule has 0 amide bonds. The molecule has 0 aliphatic rings. The highest BCUT2D eigenvalue weighted by atomic mass is 15.1. The second-order valence-corrected chi connectivity index (χ2v) is 4.85. The average Bonchev–Trinajstić information content (AvgIpc) is 2.38. The maximum Gasteiger partial charge on any atom is 0.0947 e. The largest absolute Gasteiger partial charge is 0.387 e. The van der Waals surface area contributed by atoms with Gasteiger partial charge in [0, 0.05) is 19.0 Å². The summed E-state index contributed by atoms with van der Waals surface area (Å²) in [4.78, 5) is 2.33. The first kappa shape index (κ1) is 14.7. The molecule has 1 atom stereocenters. The van der Waals surface area contributed by atoms with E-state index < -0.39 is 0 Å². The van der Waals surface area contributed by atoms with Gasteiger partial charge >= 0.3 is 0 Å². The maximum atomic E-state index is 7.45. The molecule has 1 rings (SSSR count). The minimum absolute atomic E-state index is 0.125. The van der Waals surface area contributed by atoms with Crippen LogP contribution in [0.15, 0.2) is 24.3 Å². The Bertz CT molecular complexity index is 370. The van der Waals surface area contributed by atoms with Gasteiger partial charge in [0.15, 0.2) is 0 Å². The minimum atomic E-state index is 0.125. The quantitative estimate of drug-likeness (QED) is 0.575. The van der Waals surface area contributed by atoms with Crippen LogP contribution < -0.4 is 5.73 Å². The lowest BCUT2D eigenvalue weighted by molar-refractivity contribution is 0.263. The van der Waals surface area contributed by atoms with Gasteiger partial charge < -0.3 is 5.73 Å². The van der Waals surface area contributed by atoms with Gasteiger partial charge in [-0.2, -0.15) is 0 Å². The molecule has 1 aromatic rings. The Kier molecular flexibility index (Phi) is 5.86. The molecule has 0 bridgehead atoms. The van der Waals surface area contributed by atoms with Gasteiger partial charge in [0.2, 0.25) is 0 Å². The fourth-order valence-corrected chi connectivity index (χ4v) is 1.93. The molecule has 1 unspecified atom stereocenters. The number of nitrogens with two attached hydrogens (primary N) is 1. The molecule has 18 heavy (non-hydrogen) atoms. The Morgan fingerprint density at radius 3 is 2.22 bits per heavy atom. The summed E-state index contributed by atoms with van der Waals surface area (Å²) in [5, 5.41) is 7.45. The minimum Gasteiger partial charge on any atom is -0.387 e. The molecule has 0 radical (unpaired) electrons. The van der Waals surface area contributed by atoms with Crippen molar-refractivity contribution in [3.05, 3.63) is 35.4 Å². The molecule has 3 heteroatoms. The Morgan fingerprint density at radius 2 is 1.78 bits per heavy atom. The van der Waals surface area contributed by atoms with Gasteiger partial charge in [0.25, 0.3) is 0 Å². The van der Waals surface area contributed by atoms with Gasteiger partial charge in [-0.1, -0.05) is 45.0 Å². The normalized spacial score (nSPS) is 12.7. The van der Waals surface area contributed by atoms with Gasteiger partial charge in [0.05, 0.1) is 5.84 Å². The van der Waals surface area contributed by atoms with Crippen molar-refractivity contribution >= 4 is 5.84 Å². The van der Waals surface area contributed by atoms with Crippen LogP contribution in [0.1, 0.15) is 31.9 Å². The van der Waals surface area contributed by atoms with E-state index in [1.807, 2.05) is 6.92 Å². The van der Waals surface area contributed by atoms with Gasteiger partial charge in [-0.25, -0.2) is 0 Å². The van der Waals surface area contributed by atoms with Crippen LogP contribution in [0.2, 0.25) is 0 Å². The molecular formula is C15H25N3. The third kappa shape index (κ3) is 4.49. The fourth-order valence-electron chi connectivity index (χ4n) is 1.93. The van der Waals surface area contributed by atoms with E-state index >= 15 is 0 Å². The van der Waals surface area contributed by atoms with Crippen LogP contribution >= 0.6 is 0 Å². The van der Waals surface area contributed by atoms with Gasteiger partial charge in [-0.05, 0) is 24.1 Å². The highest BCUT2D eigenvalue weighted by Crippen LogP contribution is 2.09. The molecule has 0 heterocycles.